The summed E-state index contributed by atoms with van der Waals surface area (Å²) < 4.78 is 35.9. The van der Waals surface area contributed by atoms with E-state index in [1.165, 1.54) is 20.8 Å². The Balaban J connectivity index is 1.55. The van der Waals surface area contributed by atoms with Crippen LogP contribution in [0.1, 0.15) is 31.9 Å². The number of halogens is 2. The first-order chi connectivity index (χ1) is 20.0. The molecule has 1 aromatic heterocycles. The first-order valence-corrected chi connectivity index (χ1v) is 13.8. The van der Waals surface area contributed by atoms with Gasteiger partial charge in [0.2, 0.25) is 12.2 Å². The highest BCUT2D eigenvalue weighted by Gasteiger charge is 2.54. The van der Waals surface area contributed by atoms with Gasteiger partial charge in [-0.2, -0.15) is 0 Å². The van der Waals surface area contributed by atoms with Crippen molar-refractivity contribution in [3.8, 4) is 5.75 Å². The number of hydrogen-bond donors (Lipinski definition) is 0. The highest BCUT2D eigenvalue weighted by Crippen LogP contribution is 2.36. The molecule has 11 nitrogen and oxygen atoms in total. The molecular weight excluding hydrogens is 591 g/mol. The molecule has 2 unspecified atom stereocenters. The minimum Gasteiger partial charge on any atom is -0.497 e. The third-order valence-electron chi connectivity index (χ3n) is 6.84. The lowest BCUT2D eigenvalue weighted by Gasteiger charge is -2.40. The van der Waals surface area contributed by atoms with E-state index >= 15 is 0 Å². The van der Waals surface area contributed by atoms with E-state index < -0.39 is 48.6 Å². The third-order valence-corrected chi connectivity index (χ3v) is 7.43. The Morgan fingerprint density at radius 2 is 1.71 bits per heavy atom. The molecule has 3 heterocycles. The van der Waals surface area contributed by atoms with Crippen molar-refractivity contribution in [3.05, 3.63) is 63.8 Å². The number of aliphatic imine (C=N–C) groups is 1. The number of benzene rings is 2. The first-order valence-electron chi connectivity index (χ1n) is 13.0. The molecule has 42 heavy (non-hydrogen) atoms. The lowest BCUT2D eigenvalue weighted by atomic mass is 9.97. The van der Waals surface area contributed by atoms with Crippen LogP contribution in [0.3, 0.4) is 0 Å². The van der Waals surface area contributed by atoms with Gasteiger partial charge in [0.05, 0.1) is 18.2 Å². The Bertz CT molecular complexity index is 1570. The molecule has 0 aliphatic carbocycles. The maximum Gasteiger partial charge on any atom is 0.303 e. The number of ether oxygens (including phenoxy) is 6. The second-order valence-corrected chi connectivity index (χ2v) is 10.7. The number of nitrogens with zero attached hydrogens (tertiary/aromatic N) is 2. The maximum absolute atomic E-state index is 12.1. The largest absolute Gasteiger partial charge is 0.497 e. The third kappa shape index (κ3) is 6.18. The SMILES string of the molecule is COc1ccc2c(C3=N[C@@H]4C(OC(C)=O)[C@H](OC(C)=O)C(COC(C)=O)O[C@@H]4O3)cn(Cc3ccc(Cl)cc3Cl)c2c1. The smallest absolute Gasteiger partial charge is 0.303 e. The second-order valence-electron chi connectivity index (χ2n) is 9.83. The minimum atomic E-state index is -1.10. The zero-order valence-corrected chi connectivity index (χ0v) is 24.7. The van der Waals surface area contributed by atoms with Gasteiger partial charge in [-0.15, -0.1) is 0 Å². The van der Waals surface area contributed by atoms with Crippen molar-refractivity contribution < 1.29 is 42.8 Å². The average Bonchev–Trinajstić information content (AvgIpc) is 3.51. The van der Waals surface area contributed by atoms with Crippen molar-refractivity contribution in [3.63, 3.8) is 0 Å². The van der Waals surface area contributed by atoms with Crippen molar-refractivity contribution >= 4 is 57.9 Å². The van der Waals surface area contributed by atoms with Gasteiger partial charge in [0.25, 0.3) is 0 Å². The second kappa shape index (κ2) is 12.2. The Morgan fingerprint density at radius 1 is 0.976 bits per heavy atom. The van der Waals surface area contributed by atoms with Gasteiger partial charge in [-0.3, -0.25) is 14.4 Å². The molecule has 0 radical (unpaired) electrons. The summed E-state index contributed by atoms with van der Waals surface area (Å²) in [5.74, 6) is -0.925. The Morgan fingerprint density at radius 3 is 2.38 bits per heavy atom. The monoisotopic (exact) mass is 618 g/mol. The lowest BCUT2D eigenvalue weighted by Crippen LogP contribution is -2.60. The van der Waals surface area contributed by atoms with Crippen LogP contribution in [-0.4, -0.2) is 72.7 Å². The predicted octanol–water partition coefficient (Wildman–Crippen LogP) is 4.30. The van der Waals surface area contributed by atoms with E-state index in [2.05, 4.69) is 0 Å². The Labute approximate surface area is 251 Å². The molecule has 5 rings (SSSR count). The summed E-state index contributed by atoms with van der Waals surface area (Å²) >= 11 is 12.6. The number of fused-ring (bicyclic) bond motifs is 2. The van der Waals surface area contributed by atoms with Crippen LogP contribution in [0.4, 0.5) is 0 Å². The Hall–Kier alpha value is -3.80. The van der Waals surface area contributed by atoms with Crippen LogP contribution in [-0.2, 0) is 44.6 Å². The van der Waals surface area contributed by atoms with Crippen LogP contribution in [0, 0.1) is 0 Å². The van der Waals surface area contributed by atoms with Crippen LogP contribution in [0.15, 0.2) is 47.6 Å². The van der Waals surface area contributed by atoms with Gasteiger partial charge in [-0.05, 0) is 29.8 Å². The van der Waals surface area contributed by atoms with Crippen molar-refractivity contribution in [1.29, 1.82) is 0 Å². The van der Waals surface area contributed by atoms with Gasteiger partial charge in [0, 0.05) is 55.0 Å². The number of carbonyl (C=O) groups excluding carboxylic acids is 3. The fraction of sp³-hybridized carbons (Fsp3) is 0.379. The van der Waals surface area contributed by atoms with E-state index in [1.807, 2.05) is 35.0 Å². The fourth-order valence-electron chi connectivity index (χ4n) is 5.06. The highest BCUT2D eigenvalue weighted by atomic mass is 35.5. The average molecular weight is 619 g/mol. The van der Waals surface area contributed by atoms with Crippen LogP contribution >= 0.6 is 23.2 Å². The topological polar surface area (TPSA) is 124 Å². The van der Waals surface area contributed by atoms with Gasteiger partial charge in [-0.25, -0.2) is 4.99 Å². The lowest BCUT2D eigenvalue weighted by molar-refractivity contribution is -0.249. The quantitative estimate of drug-likeness (QED) is 0.268. The number of carbonyl (C=O) groups is 3. The number of hydrogen-bond acceptors (Lipinski definition) is 10. The van der Waals surface area contributed by atoms with Crippen LogP contribution < -0.4 is 4.74 Å². The molecule has 0 N–H and O–H groups in total. The van der Waals surface area contributed by atoms with Gasteiger partial charge < -0.3 is 33.0 Å². The summed E-state index contributed by atoms with van der Waals surface area (Å²) in [5.41, 5.74) is 2.29. The number of rotatable bonds is 8. The number of esters is 3. The van der Waals surface area contributed by atoms with Gasteiger partial charge in [0.1, 0.15) is 18.5 Å². The fourth-order valence-corrected chi connectivity index (χ4v) is 5.53. The molecule has 1 fully saturated rings. The molecular formula is C29H28Cl2N2O9. The van der Waals surface area contributed by atoms with Crippen LogP contribution in [0.5, 0.6) is 5.75 Å². The van der Waals surface area contributed by atoms with E-state index in [9.17, 15) is 14.4 Å². The van der Waals surface area contributed by atoms with Gasteiger partial charge >= 0.3 is 17.9 Å². The summed E-state index contributed by atoms with van der Waals surface area (Å²) in [5, 5.41) is 1.85. The molecule has 2 aliphatic heterocycles. The van der Waals surface area contributed by atoms with Crippen LogP contribution in [0.2, 0.25) is 10.0 Å². The standard InChI is InChI=1S/C29H28Cl2N2O9/c1-14(34)38-13-24-26(39-15(2)35)27(40-16(3)36)25-29(41-24)42-28(32-25)21-12-33(11-17-5-6-18(30)9-22(17)31)23-10-19(37-4)7-8-20(21)23/h5-10,12,24-27,29H,11,13H2,1-4H3/t24?,25-,26-,27?,29-/m1/s1. The number of aromatic nitrogens is 1. The first kappa shape index (κ1) is 29.7. The molecule has 2 aliphatic rings. The van der Waals surface area contributed by atoms with E-state index in [-0.39, 0.29) is 12.5 Å². The normalized spacial score (nSPS) is 23.0. The Kier molecular flexibility index (Phi) is 8.63. The zero-order chi connectivity index (χ0) is 30.1. The number of methoxy groups -OCH3 is 1. The van der Waals surface area contributed by atoms with E-state index in [1.54, 1.807) is 19.2 Å². The maximum atomic E-state index is 12.1. The molecule has 0 saturated carbocycles. The zero-order valence-electron chi connectivity index (χ0n) is 23.2. The molecule has 1 saturated heterocycles. The van der Waals surface area contributed by atoms with E-state index in [0.29, 0.717) is 27.9 Å². The molecule has 0 bridgehead atoms. The summed E-state index contributed by atoms with van der Waals surface area (Å²) in [6, 6.07) is 10.0. The van der Waals surface area contributed by atoms with Gasteiger partial charge in [0.15, 0.2) is 18.2 Å². The molecule has 0 spiro atoms. The van der Waals surface area contributed by atoms with Crippen molar-refractivity contribution in [1.82, 2.24) is 4.57 Å². The minimum absolute atomic E-state index is 0.230. The molecule has 0 amide bonds. The van der Waals surface area contributed by atoms with Crippen molar-refractivity contribution in [2.45, 2.75) is 58.0 Å². The van der Waals surface area contributed by atoms with Gasteiger partial charge in [-0.1, -0.05) is 29.3 Å². The molecule has 5 atom stereocenters. The predicted molar refractivity (Wildman–Crippen MR) is 152 cm³/mol. The summed E-state index contributed by atoms with van der Waals surface area (Å²) in [4.78, 5) is 40.4. The highest BCUT2D eigenvalue weighted by molar-refractivity contribution is 6.35. The summed E-state index contributed by atoms with van der Waals surface area (Å²) in [7, 11) is 1.58. The molecule has 2 aromatic carbocycles. The molecule has 13 heteroatoms. The van der Waals surface area contributed by atoms with Crippen LogP contribution in [0.25, 0.3) is 10.9 Å². The molecule has 3 aromatic rings. The van der Waals surface area contributed by atoms with E-state index in [0.717, 1.165) is 16.5 Å². The molecule has 222 valence electrons. The summed E-state index contributed by atoms with van der Waals surface area (Å²) in [6.45, 7) is 3.85. The van der Waals surface area contributed by atoms with E-state index in [4.69, 9.17) is 56.6 Å². The summed E-state index contributed by atoms with van der Waals surface area (Å²) in [6.07, 6.45) is -2.29. The van der Waals surface area contributed by atoms with Crippen molar-refractivity contribution in [2.24, 2.45) is 4.99 Å². The van der Waals surface area contributed by atoms with Crippen molar-refractivity contribution in [2.75, 3.05) is 13.7 Å².